The third-order valence-corrected chi connectivity index (χ3v) is 0.882. The van der Waals surface area contributed by atoms with E-state index in [4.69, 9.17) is 10.2 Å². The van der Waals surface area contributed by atoms with Gasteiger partial charge in [-0.05, 0) is 12.1 Å². The molecular weight excluding hydrogens is 160 g/mol. The smallest absolute Gasteiger partial charge is 0.504 e. The van der Waals surface area contributed by atoms with Gasteiger partial charge in [-0.2, -0.15) is 0 Å². The van der Waals surface area contributed by atoms with E-state index in [0.29, 0.717) is 0 Å². The fourth-order valence-electron chi connectivity index (χ4n) is 0.464. The Morgan fingerprint density at radius 1 is 0.889 bits per heavy atom. The minimum atomic E-state index is -0.0764. The summed E-state index contributed by atoms with van der Waals surface area (Å²) < 4.78 is 0. The van der Waals surface area contributed by atoms with Gasteiger partial charge < -0.3 is 10.2 Å². The van der Waals surface area contributed by atoms with Crippen molar-refractivity contribution in [3.8, 4) is 11.5 Å². The predicted molar refractivity (Wildman–Crippen MR) is 29.8 cm³/mol. The maximum atomic E-state index is 8.67. The van der Waals surface area contributed by atoms with Crippen LogP contribution in [-0.4, -0.2) is 10.2 Å². The molecule has 0 aromatic heterocycles. The van der Waals surface area contributed by atoms with E-state index in [1.807, 2.05) is 0 Å². The number of phenols is 2. The number of hydrogen-bond donors (Lipinski definition) is 2. The number of aromatic hydroxyl groups is 2. The molecule has 0 amide bonds. The monoisotopic (exact) mass is 166 g/mol. The number of rotatable bonds is 0. The molecule has 2 nitrogen and oxygen atoms in total. The van der Waals surface area contributed by atoms with Crippen molar-refractivity contribution in [2.24, 2.45) is 0 Å². The van der Waals surface area contributed by atoms with Crippen molar-refractivity contribution in [3.05, 3.63) is 24.3 Å². The molecule has 0 aliphatic rings. The molecule has 1 aromatic rings. The number of benzene rings is 1. The van der Waals surface area contributed by atoms with E-state index in [1.165, 1.54) is 12.1 Å². The van der Waals surface area contributed by atoms with E-state index in [0.717, 1.165) is 0 Å². The van der Waals surface area contributed by atoms with Gasteiger partial charge in [-0.1, -0.05) is 12.1 Å². The van der Waals surface area contributed by atoms with Gasteiger partial charge in [0.2, 0.25) is 0 Å². The molecule has 2 N–H and O–H groups in total. The minimum absolute atomic E-state index is 0. The molecule has 0 saturated heterocycles. The van der Waals surface area contributed by atoms with Gasteiger partial charge in [-0.25, -0.2) is 0 Å². The van der Waals surface area contributed by atoms with Gasteiger partial charge in [-0.15, -0.1) is 0 Å². The summed E-state index contributed by atoms with van der Waals surface area (Å²) >= 11 is 0. The summed E-state index contributed by atoms with van der Waals surface area (Å²) in [5, 5.41) is 17.3. The zero-order chi connectivity index (χ0) is 5.98. The van der Waals surface area contributed by atoms with Crippen molar-refractivity contribution in [1.29, 1.82) is 0 Å². The second-order valence-electron chi connectivity index (χ2n) is 1.49. The molecule has 0 spiro atoms. The van der Waals surface area contributed by atoms with Gasteiger partial charge in [0, 0.05) is 0 Å². The molecule has 0 heterocycles. The van der Waals surface area contributed by atoms with E-state index in [1.54, 1.807) is 12.1 Å². The molecule has 0 bridgehead atoms. The zero-order valence-corrected chi connectivity index (χ0v) is 5.66. The summed E-state index contributed by atoms with van der Waals surface area (Å²) in [6, 6.07) is 6.15. The van der Waals surface area contributed by atoms with Crippen LogP contribution in [0.4, 0.5) is 0 Å². The first-order valence-electron chi connectivity index (χ1n) is 2.27. The van der Waals surface area contributed by atoms with Crippen LogP contribution in [0.25, 0.3) is 0 Å². The topological polar surface area (TPSA) is 40.5 Å². The first-order valence-corrected chi connectivity index (χ1v) is 2.27. The van der Waals surface area contributed by atoms with Crippen molar-refractivity contribution < 1.29 is 27.3 Å². The van der Waals surface area contributed by atoms with Gasteiger partial charge in [0.25, 0.3) is 0 Å². The average molecular weight is 166 g/mol. The van der Waals surface area contributed by atoms with Crippen LogP contribution in [0.15, 0.2) is 24.3 Å². The Bertz CT molecular complexity index is 167. The minimum Gasteiger partial charge on any atom is -0.504 e. The third-order valence-electron chi connectivity index (χ3n) is 0.882. The second-order valence-corrected chi connectivity index (χ2v) is 1.49. The van der Waals surface area contributed by atoms with Crippen molar-refractivity contribution in [2.75, 3.05) is 0 Å². The van der Waals surface area contributed by atoms with E-state index < -0.39 is 0 Å². The Morgan fingerprint density at radius 2 is 1.22 bits per heavy atom. The molecule has 0 aliphatic carbocycles. The fraction of sp³-hybridized carbons (Fsp3) is 0. The van der Waals surface area contributed by atoms with Crippen LogP contribution in [0.2, 0.25) is 0 Å². The molecule has 1 aromatic carbocycles. The van der Waals surface area contributed by atoms with Crippen LogP contribution < -0.4 is 0 Å². The molecule has 1 rings (SSSR count). The fourth-order valence-corrected chi connectivity index (χ4v) is 0.464. The SMILES string of the molecule is Oc1ccccc1O.[Fe+2]. The van der Waals surface area contributed by atoms with Crippen molar-refractivity contribution >= 4 is 0 Å². The molecule has 0 fully saturated rings. The van der Waals surface area contributed by atoms with Crippen LogP contribution >= 0.6 is 0 Å². The molecular formula is C6H6FeO2+2. The van der Waals surface area contributed by atoms with Crippen LogP contribution in [0.3, 0.4) is 0 Å². The summed E-state index contributed by atoms with van der Waals surface area (Å²) in [5.74, 6) is -0.153. The Morgan fingerprint density at radius 3 is 1.44 bits per heavy atom. The first kappa shape index (κ1) is 8.34. The summed E-state index contributed by atoms with van der Waals surface area (Å²) in [4.78, 5) is 0. The number of para-hydroxylation sites is 2. The van der Waals surface area contributed by atoms with Gasteiger partial charge >= 0.3 is 17.1 Å². The maximum absolute atomic E-state index is 8.67. The maximum Gasteiger partial charge on any atom is 2.00 e. The summed E-state index contributed by atoms with van der Waals surface area (Å²) in [5.41, 5.74) is 0. The Labute approximate surface area is 63.6 Å². The van der Waals surface area contributed by atoms with E-state index >= 15 is 0 Å². The molecule has 9 heavy (non-hydrogen) atoms. The number of phenolic OH excluding ortho intramolecular Hbond substituents is 2. The molecule has 0 unspecified atom stereocenters. The number of hydrogen-bond acceptors (Lipinski definition) is 2. The van der Waals surface area contributed by atoms with Gasteiger partial charge in [0.1, 0.15) is 0 Å². The summed E-state index contributed by atoms with van der Waals surface area (Å²) in [6.07, 6.45) is 0. The second kappa shape index (κ2) is 3.38. The molecule has 0 radical (unpaired) electrons. The summed E-state index contributed by atoms with van der Waals surface area (Å²) in [7, 11) is 0. The summed E-state index contributed by atoms with van der Waals surface area (Å²) in [6.45, 7) is 0. The molecule has 0 saturated carbocycles. The Hall–Kier alpha value is -0.661. The largest absolute Gasteiger partial charge is 2.00 e. The van der Waals surface area contributed by atoms with E-state index in [9.17, 15) is 0 Å². The van der Waals surface area contributed by atoms with Gasteiger partial charge in [0.15, 0.2) is 11.5 Å². The standard InChI is InChI=1S/C6H6O2.Fe/c7-5-3-1-2-4-6(5)8;/h1-4,7-8H;/q;+2. The van der Waals surface area contributed by atoms with E-state index in [2.05, 4.69) is 0 Å². The quantitative estimate of drug-likeness (QED) is 0.447. The zero-order valence-electron chi connectivity index (χ0n) is 4.56. The molecule has 0 aliphatic heterocycles. The third kappa shape index (κ3) is 1.96. The normalized spacial score (nSPS) is 8.00. The Kier molecular flexibility index (Phi) is 3.13. The van der Waals surface area contributed by atoms with E-state index in [-0.39, 0.29) is 28.6 Å². The van der Waals surface area contributed by atoms with Crippen molar-refractivity contribution in [3.63, 3.8) is 0 Å². The van der Waals surface area contributed by atoms with Gasteiger partial charge in [-0.3, -0.25) is 0 Å². The first-order chi connectivity index (χ1) is 3.80. The Balaban J connectivity index is 0.000000640. The average Bonchev–Trinajstić information content (AvgIpc) is 1.77. The molecule has 0 atom stereocenters. The molecule has 48 valence electrons. The van der Waals surface area contributed by atoms with Gasteiger partial charge in [0.05, 0.1) is 0 Å². The molecule has 3 heteroatoms. The predicted octanol–water partition coefficient (Wildman–Crippen LogP) is 1.10. The van der Waals surface area contributed by atoms with Crippen LogP contribution in [-0.2, 0) is 17.1 Å². The van der Waals surface area contributed by atoms with Crippen LogP contribution in [0.5, 0.6) is 11.5 Å². The van der Waals surface area contributed by atoms with Crippen LogP contribution in [0, 0.1) is 0 Å². The van der Waals surface area contributed by atoms with Crippen LogP contribution in [0.1, 0.15) is 0 Å². The van der Waals surface area contributed by atoms with Crippen molar-refractivity contribution in [1.82, 2.24) is 0 Å². The van der Waals surface area contributed by atoms with Crippen molar-refractivity contribution in [2.45, 2.75) is 0 Å².